The third-order valence-electron chi connectivity index (χ3n) is 4.23. The molecule has 2 aromatic carbocycles. The van der Waals surface area contributed by atoms with Gasteiger partial charge in [-0.25, -0.2) is 0 Å². The second kappa shape index (κ2) is 6.42. The van der Waals surface area contributed by atoms with Gasteiger partial charge in [0.15, 0.2) is 0 Å². The van der Waals surface area contributed by atoms with Gasteiger partial charge in [-0.05, 0) is 42.0 Å². The van der Waals surface area contributed by atoms with Gasteiger partial charge >= 0.3 is 0 Å². The van der Waals surface area contributed by atoms with Crippen molar-refractivity contribution in [3.05, 3.63) is 70.3 Å². The zero-order valence-corrected chi connectivity index (χ0v) is 12.9. The van der Waals surface area contributed by atoms with Crippen LogP contribution in [0.4, 0.5) is 0 Å². The molecule has 2 nitrogen and oxygen atoms in total. The Labute approximate surface area is 127 Å². The number of hydrogen-bond donors (Lipinski definition) is 1. The average molecular weight is 281 g/mol. The number of benzene rings is 2. The summed E-state index contributed by atoms with van der Waals surface area (Å²) in [7, 11) is 1.74. The van der Waals surface area contributed by atoms with Crippen LogP contribution in [-0.4, -0.2) is 7.11 Å². The van der Waals surface area contributed by atoms with E-state index in [4.69, 9.17) is 4.74 Å². The lowest BCUT2D eigenvalue weighted by molar-refractivity contribution is 0.185. The van der Waals surface area contributed by atoms with E-state index in [0.29, 0.717) is 12.6 Å². The number of fused-ring (bicyclic) bond motifs is 1. The first-order valence-electron chi connectivity index (χ1n) is 7.66. The Bertz CT molecular complexity index is 621. The summed E-state index contributed by atoms with van der Waals surface area (Å²) >= 11 is 0. The number of hydrogen-bond acceptors (Lipinski definition) is 2. The van der Waals surface area contributed by atoms with E-state index in [9.17, 15) is 0 Å². The van der Waals surface area contributed by atoms with Gasteiger partial charge in [-0.3, -0.25) is 0 Å². The van der Waals surface area contributed by atoms with E-state index in [0.717, 1.165) is 6.54 Å². The van der Waals surface area contributed by atoms with Crippen LogP contribution in [-0.2, 0) is 24.3 Å². The smallest absolute Gasteiger partial charge is 0.0713 e. The van der Waals surface area contributed by atoms with Gasteiger partial charge in [0.2, 0.25) is 0 Å². The van der Waals surface area contributed by atoms with Gasteiger partial charge < -0.3 is 10.1 Å². The highest BCUT2D eigenvalue weighted by atomic mass is 16.5. The minimum atomic E-state index is 0.492. The Morgan fingerprint density at radius 2 is 2.00 bits per heavy atom. The molecule has 110 valence electrons. The molecule has 2 heteroatoms. The zero-order valence-electron chi connectivity index (χ0n) is 12.9. The fourth-order valence-electron chi connectivity index (χ4n) is 3.17. The largest absolute Gasteiger partial charge is 0.380 e. The van der Waals surface area contributed by atoms with Gasteiger partial charge in [-0.2, -0.15) is 0 Å². The molecule has 0 aromatic heterocycles. The molecule has 3 rings (SSSR count). The highest BCUT2D eigenvalue weighted by Gasteiger charge is 2.21. The molecular weight excluding hydrogens is 258 g/mol. The van der Waals surface area contributed by atoms with Crippen LogP contribution in [0, 0.1) is 6.92 Å². The first-order chi connectivity index (χ1) is 10.3. The highest BCUT2D eigenvalue weighted by Crippen LogP contribution is 2.31. The molecule has 2 aromatic rings. The molecule has 0 bridgehead atoms. The van der Waals surface area contributed by atoms with E-state index in [1.807, 2.05) is 0 Å². The van der Waals surface area contributed by atoms with Crippen molar-refractivity contribution in [1.29, 1.82) is 0 Å². The van der Waals surface area contributed by atoms with Crippen molar-refractivity contribution in [2.45, 2.75) is 39.0 Å². The summed E-state index contributed by atoms with van der Waals surface area (Å²) in [4.78, 5) is 0. The van der Waals surface area contributed by atoms with Crippen LogP contribution in [0.3, 0.4) is 0 Å². The Balaban J connectivity index is 1.67. The predicted molar refractivity (Wildman–Crippen MR) is 86.2 cm³/mol. The van der Waals surface area contributed by atoms with E-state index in [2.05, 4.69) is 54.7 Å². The predicted octanol–water partition coefficient (Wildman–Crippen LogP) is 3.92. The van der Waals surface area contributed by atoms with Crippen LogP contribution in [0.25, 0.3) is 0 Å². The first-order valence-corrected chi connectivity index (χ1v) is 7.66. The molecule has 0 amide bonds. The molecule has 1 N–H and O–H groups in total. The van der Waals surface area contributed by atoms with Crippen LogP contribution < -0.4 is 5.32 Å². The monoisotopic (exact) mass is 281 g/mol. The van der Waals surface area contributed by atoms with Crippen molar-refractivity contribution >= 4 is 0 Å². The average Bonchev–Trinajstić information content (AvgIpc) is 2.88. The molecule has 1 atom stereocenters. The maximum absolute atomic E-state index is 5.20. The Kier molecular flexibility index (Phi) is 4.37. The van der Waals surface area contributed by atoms with Gasteiger partial charge in [0, 0.05) is 19.7 Å². The summed E-state index contributed by atoms with van der Waals surface area (Å²) in [5.74, 6) is 0. The zero-order chi connectivity index (χ0) is 14.7. The number of ether oxygens (including phenoxy) is 1. The van der Waals surface area contributed by atoms with Crippen molar-refractivity contribution in [3.8, 4) is 0 Å². The highest BCUT2D eigenvalue weighted by molar-refractivity contribution is 5.37. The number of aryl methyl sites for hydroxylation is 2. The van der Waals surface area contributed by atoms with E-state index >= 15 is 0 Å². The lowest BCUT2D eigenvalue weighted by Gasteiger charge is -2.15. The molecule has 0 heterocycles. The molecule has 0 fully saturated rings. The number of methoxy groups -OCH3 is 1. The Morgan fingerprint density at radius 3 is 2.86 bits per heavy atom. The van der Waals surface area contributed by atoms with E-state index in [-0.39, 0.29) is 0 Å². The molecule has 1 unspecified atom stereocenters. The van der Waals surface area contributed by atoms with Gasteiger partial charge in [-0.15, -0.1) is 0 Å². The summed E-state index contributed by atoms with van der Waals surface area (Å²) in [6, 6.07) is 16.0. The molecule has 0 saturated carbocycles. The van der Waals surface area contributed by atoms with Gasteiger partial charge in [0.1, 0.15) is 0 Å². The van der Waals surface area contributed by atoms with Crippen molar-refractivity contribution in [1.82, 2.24) is 5.32 Å². The summed E-state index contributed by atoms with van der Waals surface area (Å²) in [6.45, 7) is 3.76. The minimum absolute atomic E-state index is 0.492. The number of rotatable bonds is 5. The molecule has 0 saturated heterocycles. The normalized spacial score (nSPS) is 17.0. The van der Waals surface area contributed by atoms with Crippen LogP contribution in [0.5, 0.6) is 0 Å². The standard InChI is InChI=1S/C19H23NO/c1-14-6-7-17-8-9-19(18(17)10-14)20-12-15-4-3-5-16(11-15)13-21-2/h3-7,10-11,19-20H,8-9,12-13H2,1-2H3. The van der Waals surface area contributed by atoms with Crippen LogP contribution in [0.1, 0.15) is 40.3 Å². The van der Waals surface area contributed by atoms with E-state index in [1.165, 1.54) is 40.7 Å². The third-order valence-corrected chi connectivity index (χ3v) is 4.23. The van der Waals surface area contributed by atoms with Crippen LogP contribution in [0.15, 0.2) is 42.5 Å². The van der Waals surface area contributed by atoms with E-state index < -0.39 is 0 Å². The van der Waals surface area contributed by atoms with Gasteiger partial charge in [-0.1, -0.05) is 48.0 Å². The molecule has 0 radical (unpaired) electrons. The summed E-state index contributed by atoms with van der Waals surface area (Å²) in [6.07, 6.45) is 2.40. The van der Waals surface area contributed by atoms with Crippen molar-refractivity contribution in [2.75, 3.05) is 7.11 Å². The molecule has 1 aliphatic carbocycles. The Hall–Kier alpha value is -1.64. The number of nitrogens with one attached hydrogen (secondary N) is 1. The summed E-state index contributed by atoms with van der Waals surface area (Å²) in [5, 5.41) is 3.71. The second-order valence-electron chi connectivity index (χ2n) is 5.93. The molecular formula is C19H23NO. The van der Waals surface area contributed by atoms with Crippen molar-refractivity contribution in [3.63, 3.8) is 0 Å². The fourth-order valence-corrected chi connectivity index (χ4v) is 3.17. The molecule has 1 aliphatic rings. The molecule has 0 aliphatic heterocycles. The van der Waals surface area contributed by atoms with Crippen molar-refractivity contribution < 1.29 is 4.74 Å². The van der Waals surface area contributed by atoms with Gasteiger partial charge in [0.25, 0.3) is 0 Å². The summed E-state index contributed by atoms with van der Waals surface area (Å²) in [5.41, 5.74) is 6.91. The lowest BCUT2D eigenvalue weighted by Crippen LogP contribution is -2.18. The molecule has 0 spiro atoms. The van der Waals surface area contributed by atoms with Crippen LogP contribution >= 0.6 is 0 Å². The Morgan fingerprint density at radius 1 is 1.14 bits per heavy atom. The third kappa shape index (κ3) is 3.34. The van der Waals surface area contributed by atoms with Crippen molar-refractivity contribution in [2.24, 2.45) is 0 Å². The second-order valence-corrected chi connectivity index (χ2v) is 5.93. The quantitative estimate of drug-likeness (QED) is 0.897. The van der Waals surface area contributed by atoms with E-state index in [1.54, 1.807) is 7.11 Å². The van der Waals surface area contributed by atoms with Gasteiger partial charge in [0.05, 0.1) is 6.61 Å². The van der Waals surface area contributed by atoms with Crippen LogP contribution in [0.2, 0.25) is 0 Å². The molecule has 21 heavy (non-hydrogen) atoms. The topological polar surface area (TPSA) is 21.3 Å². The first kappa shape index (κ1) is 14.3. The minimum Gasteiger partial charge on any atom is -0.380 e. The fraction of sp³-hybridized carbons (Fsp3) is 0.368. The lowest BCUT2D eigenvalue weighted by atomic mass is 10.0. The summed E-state index contributed by atoms with van der Waals surface area (Å²) < 4.78 is 5.20. The SMILES string of the molecule is COCc1cccc(CNC2CCc3ccc(C)cc32)c1. The maximum atomic E-state index is 5.20. The maximum Gasteiger partial charge on any atom is 0.0713 e.